The van der Waals surface area contributed by atoms with E-state index in [1.54, 1.807) is 0 Å². The normalized spacial score (nSPS) is 11.5. The van der Waals surface area contributed by atoms with Crippen molar-refractivity contribution < 1.29 is 93.1 Å². The van der Waals surface area contributed by atoms with Gasteiger partial charge < -0.3 is 61.6 Å². The largest absolute Gasteiger partial charge is 0.463 e. The number of halogens is 5. The van der Waals surface area contributed by atoms with Gasteiger partial charge in [-0.15, -0.1) is 0 Å². The molecule has 1 aromatic rings. The second kappa shape index (κ2) is 49.0. The Balaban J connectivity index is 1.68. The first-order chi connectivity index (χ1) is 33.8. The minimum Gasteiger partial charge on any atom is -0.463 e. The van der Waals surface area contributed by atoms with E-state index in [-0.39, 0.29) is 39.0 Å². The summed E-state index contributed by atoms with van der Waals surface area (Å²) in [6.45, 7) is 10.3. The molecular formula is C49H83F5O15. The van der Waals surface area contributed by atoms with Gasteiger partial charge in [0.05, 0.1) is 152 Å². The maximum atomic E-state index is 13.6. The molecule has 0 aliphatic rings. The number of benzene rings is 1. The Bertz CT molecular complexity index is 1320. The Kier molecular flexibility index (Phi) is 45.7. The van der Waals surface area contributed by atoms with Gasteiger partial charge in [0.25, 0.3) is 0 Å². The molecule has 20 heteroatoms. The molecule has 69 heavy (non-hydrogen) atoms. The van der Waals surface area contributed by atoms with Crippen LogP contribution in [0.4, 0.5) is 22.0 Å². The Labute approximate surface area is 407 Å². The molecule has 1 aromatic carbocycles. The molecule has 0 saturated carbocycles. The molecule has 1 rings (SSSR count). The summed E-state index contributed by atoms with van der Waals surface area (Å²) in [5.41, 5.74) is 0. The van der Waals surface area contributed by atoms with Crippen LogP contribution in [0.3, 0.4) is 0 Å². The number of hydrogen-bond donors (Lipinski definition) is 0. The molecule has 0 bridgehead atoms. The summed E-state index contributed by atoms with van der Waals surface area (Å²) in [5.74, 6) is -14.3. The summed E-state index contributed by atoms with van der Waals surface area (Å²) in [4.78, 5) is 23.6. The Morgan fingerprint density at radius 3 is 0.841 bits per heavy atom. The van der Waals surface area contributed by atoms with Crippen LogP contribution in [0.1, 0.15) is 116 Å². The lowest BCUT2D eigenvalue weighted by Crippen LogP contribution is -2.16. The molecule has 0 heterocycles. The molecule has 0 fully saturated rings. The summed E-state index contributed by atoms with van der Waals surface area (Å²) in [5, 5.41) is 0. The number of rotatable bonds is 53. The number of carbonyl (C=O) groups is 2. The zero-order valence-corrected chi connectivity index (χ0v) is 41.3. The van der Waals surface area contributed by atoms with Gasteiger partial charge in [-0.05, 0) is 6.42 Å². The van der Waals surface area contributed by atoms with Crippen molar-refractivity contribution in [2.24, 2.45) is 0 Å². The minimum atomic E-state index is -2.35. The third-order valence-electron chi connectivity index (χ3n) is 10.0. The van der Waals surface area contributed by atoms with E-state index in [1.807, 2.05) is 0 Å². The molecule has 15 nitrogen and oxygen atoms in total. The second-order valence-electron chi connectivity index (χ2n) is 15.8. The predicted octanol–water partition coefficient (Wildman–Crippen LogP) is 8.66. The summed E-state index contributed by atoms with van der Waals surface area (Å²) >= 11 is 0. The third kappa shape index (κ3) is 39.6. The number of unbranched alkanes of at least 4 members (excludes halogenated alkanes) is 14. The maximum absolute atomic E-state index is 13.6. The van der Waals surface area contributed by atoms with E-state index in [9.17, 15) is 31.5 Å². The smallest absolute Gasteiger partial charge is 0.313 e. The van der Waals surface area contributed by atoms with Gasteiger partial charge in [-0.3, -0.25) is 9.59 Å². The van der Waals surface area contributed by atoms with Crippen molar-refractivity contribution in [2.45, 2.75) is 116 Å². The van der Waals surface area contributed by atoms with Crippen LogP contribution < -0.4 is 4.74 Å². The van der Waals surface area contributed by atoms with E-state index in [4.69, 9.17) is 56.8 Å². The molecule has 0 atom stereocenters. The monoisotopic (exact) mass is 1010 g/mol. The third-order valence-corrected chi connectivity index (χ3v) is 10.0. The van der Waals surface area contributed by atoms with Crippen molar-refractivity contribution in [2.75, 3.05) is 152 Å². The predicted molar refractivity (Wildman–Crippen MR) is 246 cm³/mol. The lowest BCUT2D eigenvalue weighted by molar-refractivity contribution is -0.145. The van der Waals surface area contributed by atoms with Crippen LogP contribution in [0.2, 0.25) is 0 Å². The van der Waals surface area contributed by atoms with E-state index in [0.29, 0.717) is 125 Å². The summed E-state index contributed by atoms with van der Waals surface area (Å²) in [6.07, 6.45) is 19.5. The summed E-state index contributed by atoms with van der Waals surface area (Å²) in [7, 11) is 0. The van der Waals surface area contributed by atoms with Crippen LogP contribution in [0.25, 0.3) is 0 Å². The number of esters is 2. The molecule has 0 saturated heterocycles. The minimum absolute atomic E-state index is 0.0753. The molecule has 0 unspecified atom stereocenters. The fraction of sp³-hybridized carbons (Fsp3) is 0.837. The van der Waals surface area contributed by atoms with Gasteiger partial charge in [-0.2, -0.15) is 8.78 Å². The Morgan fingerprint density at radius 2 is 0.536 bits per heavy atom. The summed E-state index contributed by atoms with van der Waals surface area (Å²) in [6, 6.07) is 0. The molecule has 0 N–H and O–H groups in total. The van der Waals surface area contributed by atoms with Crippen molar-refractivity contribution in [1.29, 1.82) is 0 Å². The SMILES string of the molecule is CCCCCCCCCCCCCCCCCC(=O)OCCOCCOCCOCCOCCOCCOCCOCCOCCOCCOCCOCCC(=O)Oc1c(F)c(F)c(F)c(F)c1F. The van der Waals surface area contributed by atoms with Crippen LogP contribution in [0.15, 0.2) is 0 Å². The topological polar surface area (TPSA) is 154 Å². The quantitative estimate of drug-likeness (QED) is 0.0153. The van der Waals surface area contributed by atoms with Gasteiger partial charge in [-0.25, -0.2) is 13.2 Å². The molecular weight excluding hydrogens is 924 g/mol. The maximum Gasteiger partial charge on any atom is 0.313 e. The van der Waals surface area contributed by atoms with Crippen LogP contribution in [0, 0.1) is 29.1 Å². The molecule has 0 radical (unpaired) electrons. The second-order valence-corrected chi connectivity index (χ2v) is 15.8. The van der Waals surface area contributed by atoms with Gasteiger partial charge >= 0.3 is 11.9 Å². The van der Waals surface area contributed by atoms with Crippen molar-refractivity contribution in [3.05, 3.63) is 29.1 Å². The lowest BCUT2D eigenvalue weighted by atomic mass is 10.0. The fourth-order valence-corrected chi connectivity index (χ4v) is 6.22. The van der Waals surface area contributed by atoms with Crippen molar-refractivity contribution >= 4 is 11.9 Å². The van der Waals surface area contributed by atoms with Gasteiger partial charge in [0.2, 0.25) is 34.8 Å². The zero-order chi connectivity index (χ0) is 50.1. The number of carbonyl (C=O) groups excluding carboxylic acids is 2. The molecule has 0 aromatic heterocycles. The Morgan fingerprint density at radius 1 is 0.290 bits per heavy atom. The average Bonchev–Trinajstić information content (AvgIpc) is 3.35. The van der Waals surface area contributed by atoms with Crippen LogP contribution >= 0.6 is 0 Å². The molecule has 0 aliphatic heterocycles. The highest BCUT2D eigenvalue weighted by Gasteiger charge is 2.28. The highest BCUT2D eigenvalue weighted by Crippen LogP contribution is 2.29. The fourth-order valence-electron chi connectivity index (χ4n) is 6.22. The first kappa shape index (κ1) is 64.4. The zero-order valence-electron chi connectivity index (χ0n) is 41.3. The Hall–Kier alpha value is -2.63. The highest BCUT2D eigenvalue weighted by molar-refractivity contribution is 5.72. The average molecular weight is 1010 g/mol. The van der Waals surface area contributed by atoms with Crippen LogP contribution in [0.5, 0.6) is 5.75 Å². The van der Waals surface area contributed by atoms with E-state index < -0.39 is 47.2 Å². The van der Waals surface area contributed by atoms with Gasteiger partial charge in [0, 0.05) is 6.42 Å². The van der Waals surface area contributed by atoms with E-state index >= 15 is 0 Å². The molecule has 0 spiro atoms. The molecule has 404 valence electrons. The van der Waals surface area contributed by atoms with Gasteiger partial charge in [-0.1, -0.05) is 96.8 Å². The van der Waals surface area contributed by atoms with Crippen LogP contribution in [-0.4, -0.2) is 164 Å². The summed E-state index contributed by atoms with van der Waals surface area (Å²) < 4.78 is 136. The first-order valence-electron chi connectivity index (χ1n) is 25.0. The highest BCUT2D eigenvalue weighted by atomic mass is 19.2. The van der Waals surface area contributed by atoms with Crippen molar-refractivity contribution in [1.82, 2.24) is 0 Å². The van der Waals surface area contributed by atoms with Crippen molar-refractivity contribution in [3.8, 4) is 5.75 Å². The molecule has 0 aliphatic carbocycles. The van der Waals surface area contributed by atoms with Gasteiger partial charge in [0.1, 0.15) is 6.61 Å². The molecule has 0 amide bonds. The first-order valence-corrected chi connectivity index (χ1v) is 25.0. The van der Waals surface area contributed by atoms with E-state index in [1.165, 1.54) is 83.5 Å². The number of hydrogen-bond acceptors (Lipinski definition) is 15. The van der Waals surface area contributed by atoms with E-state index in [2.05, 4.69) is 11.7 Å². The number of ether oxygens (including phenoxy) is 13. The van der Waals surface area contributed by atoms with Crippen molar-refractivity contribution in [3.63, 3.8) is 0 Å². The van der Waals surface area contributed by atoms with Gasteiger partial charge in [0.15, 0.2) is 0 Å². The standard InChI is InChI=1S/C49H83F5O15/c1-2-3-4-5-6-7-8-9-10-11-12-13-14-15-16-17-42(55)68-41-40-67-39-38-66-37-36-65-35-34-64-33-32-63-31-30-62-29-28-61-27-26-60-25-24-59-23-22-58-21-20-57-19-18-43(56)69-49-47(53)45(51)44(50)46(52)48(49)54/h2-41H2,1H3. The lowest BCUT2D eigenvalue weighted by Gasteiger charge is -2.09. The van der Waals surface area contributed by atoms with E-state index in [0.717, 1.165) is 12.8 Å². The van der Waals surface area contributed by atoms with Crippen LogP contribution in [-0.2, 0) is 66.4 Å².